The molecule has 0 saturated heterocycles. The average molecular weight is 666 g/mol. The molecule has 0 amide bonds. The molecule has 7 rings (SSSR count). The van der Waals surface area contributed by atoms with Crippen LogP contribution in [0.2, 0.25) is 0 Å². The standard InChI is InChI=1S/C16H12FN7O.C8H9F.C8H8N6O/c17-11-4-2-1-3-10(11)9-24-14(12-5-6-25-23-12)7-13(22-24)16-20-15(18)8-19-21-16;1-2-7-5-3-4-6-8(7)9;1-4(15)5-2-6(13-12-5)8-11-7(9)3-10-14-8/h1-8H,9H2,(H2,18,20,21);3-6H,2H2,1H3;2-3H,1H3,(H,12,13)(H2,9,11,14). The maximum atomic E-state index is 14.0. The number of aryl methyl sites for hydroxylation is 1. The van der Waals surface area contributed by atoms with Crippen LogP contribution in [-0.2, 0) is 13.0 Å². The number of rotatable bonds is 7. The Balaban J connectivity index is 0.000000164. The molecule has 2 aromatic carbocycles. The molecule has 7 aromatic rings. The SMILES string of the molecule is CC(=O)c1cc(-c2nncc(N)n2)n[nH]1.CCc1ccccc1F.Nc1cnnc(-c2cc(-c3ccon3)n(Cc3ccccc3F)n2)n1. The third-order valence-electron chi connectivity index (χ3n) is 6.67. The van der Waals surface area contributed by atoms with Gasteiger partial charge in [-0.3, -0.25) is 14.6 Å². The van der Waals surface area contributed by atoms with Gasteiger partial charge in [0.2, 0.25) is 11.6 Å². The molecule has 0 saturated carbocycles. The number of nitrogen functional groups attached to an aromatic ring is 2. The van der Waals surface area contributed by atoms with Crippen molar-refractivity contribution in [2.75, 3.05) is 11.5 Å². The second-order valence-corrected chi connectivity index (χ2v) is 10.1. The van der Waals surface area contributed by atoms with Crippen molar-refractivity contribution in [1.29, 1.82) is 0 Å². The van der Waals surface area contributed by atoms with Gasteiger partial charge in [0.15, 0.2) is 5.78 Å². The summed E-state index contributed by atoms with van der Waals surface area (Å²) in [5.74, 6) is 0.540. The number of H-pyrrole nitrogens is 1. The third kappa shape index (κ3) is 8.73. The molecule has 0 aliphatic carbocycles. The van der Waals surface area contributed by atoms with Crippen molar-refractivity contribution in [1.82, 2.24) is 55.5 Å². The number of carbonyl (C=O) groups is 1. The van der Waals surface area contributed by atoms with E-state index in [-0.39, 0.29) is 41.4 Å². The normalized spacial score (nSPS) is 10.4. The minimum absolute atomic E-state index is 0.0972. The molecule has 0 spiro atoms. The van der Waals surface area contributed by atoms with E-state index in [1.807, 2.05) is 13.0 Å². The van der Waals surface area contributed by atoms with Crippen LogP contribution in [0.25, 0.3) is 34.4 Å². The van der Waals surface area contributed by atoms with E-state index >= 15 is 0 Å². The summed E-state index contributed by atoms with van der Waals surface area (Å²) in [6.07, 6.45) is 4.90. The van der Waals surface area contributed by atoms with Gasteiger partial charge in [0.25, 0.3) is 0 Å². The van der Waals surface area contributed by atoms with E-state index in [2.05, 4.69) is 50.8 Å². The number of ketones is 1. The summed E-state index contributed by atoms with van der Waals surface area (Å²) in [7, 11) is 0. The van der Waals surface area contributed by atoms with Crippen LogP contribution in [0, 0.1) is 11.6 Å². The van der Waals surface area contributed by atoms with E-state index in [4.69, 9.17) is 16.0 Å². The first-order valence-corrected chi connectivity index (χ1v) is 14.6. The summed E-state index contributed by atoms with van der Waals surface area (Å²) in [5, 5.41) is 29.9. The molecule has 49 heavy (non-hydrogen) atoms. The number of aromatic amines is 1. The number of halogens is 2. The molecule has 5 heterocycles. The monoisotopic (exact) mass is 665 g/mol. The van der Waals surface area contributed by atoms with Gasteiger partial charge in [0.05, 0.1) is 24.6 Å². The van der Waals surface area contributed by atoms with Gasteiger partial charge in [-0.1, -0.05) is 48.5 Å². The van der Waals surface area contributed by atoms with E-state index in [9.17, 15) is 13.6 Å². The fourth-order valence-corrected chi connectivity index (χ4v) is 4.24. The molecule has 0 atom stereocenters. The molecule has 0 bridgehead atoms. The number of anilines is 2. The fraction of sp³-hybridized carbons (Fsp3) is 0.125. The molecule has 0 aliphatic heterocycles. The molecule has 248 valence electrons. The van der Waals surface area contributed by atoms with Crippen molar-refractivity contribution in [3.63, 3.8) is 0 Å². The van der Waals surface area contributed by atoms with E-state index in [0.29, 0.717) is 39.9 Å². The van der Waals surface area contributed by atoms with Gasteiger partial charge >= 0.3 is 0 Å². The average Bonchev–Trinajstić information content (AvgIpc) is 3.89. The predicted molar refractivity (Wildman–Crippen MR) is 174 cm³/mol. The summed E-state index contributed by atoms with van der Waals surface area (Å²) in [5.41, 5.74) is 14.9. The minimum Gasteiger partial charge on any atom is -0.382 e. The molecule has 5 N–H and O–H groups in total. The molecule has 0 aliphatic rings. The van der Waals surface area contributed by atoms with E-state index in [0.717, 1.165) is 12.0 Å². The highest BCUT2D eigenvalue weighted by Gasteiger charge is 2.17. The predicted octanol–water partition coefficient (Wildman–Crippen LogP) is 4.59. The first kappa shape index (κ1) is 33.6. The number of hydrogen-bond donors (Lipinski definition) is 3. The van der Waals surface area contributed by atoms with E-state index in [1.54, 1.807) is 53.2 Å². The lowest BCUT2D eigenvalue weighted by molar-refractivity contribution is 0.101. The van der Waals surface area contributed by atoms with Crippen LogP contribution in [0.1, 0.15) is 35.5 Å². The second-order valence-electron chi connectivity index (χ2n) is 10.1. The van der Waals surface area contributed by atoms with Gasteiger partial charge in [-0.15, -0.1) is 10.2 Å². The maximum Gasteiger partial charge on any atom is 0.204 e. The van der Waals surface area contributed by atoms with Gasteiger partial charge in [-0.05, 0) is 36.2 Å². The zero-order valence-electron chi connectivity index (χ0n) is 26.2. The van der Waals surface area contributed by atoms with Gasteiger partial charge in [-0.25, -0.2) is 18.7 Å². The van der Waals surface area contributed by atoms with Crippen LogP contribution < -0.4 is 11.5 Å². The molecule has 17 heteroatoms. The Hall–Kier alpha value is -6.78. The summed E-state index contributed by atoms with van der Waals surface area (Å²) in [4.78, 5) is 19.0. The summed E-state index contributed by atoms with van der Waals surface area (Å²) >= 11 is 0. The van der Waals surface area contributed by atoms with Gasteiger partial charge < -0.3 is 16.0 Å². The number of nitrogens with two attached hydrogens (primary N) is 2. The lowest BCUT2D eigenvalue weighted by atomic mass is 10.2. The van der Waals surface area contributed by atoms with E-state index in [1.165, 1.54) is 37.7 Å². The molecule has 0 radical (unpaired) electrons. The number of aromatic nitrogens is 11. The number of Topliss-reactive ketones (excluding diaryl/α,β-unsaturated/α-hetero) is 1. The van der Waals surface area contributed by atoms with Crippen molar-refractivity contribution >= 4 is 17.4 Å². The quantitative estimate of drug-likeness (QED) is 0.199. The van der Waals surface area contributed by atoms with Crippen LogP contribution >= 0.6 is 0 Å². The maximum absolute atomic E-state index is 14.0. The Labute approximate surface area is 277 Å². The Morgan fingerprint density at radius 2 is 1.45 bits per heavy atom. The van der Waals surface area contributed by atoms with Crippen LogP contribution in [0.4, 0.5) is 20.4 Å². The second kappa shape index (κ2) is 15.7. The van der Waals surface area contributed by atoms with Crippen LogP contribution in [0.15, 0.2) is 89.9 Å². The molecule has 0 fully saturated rings. The summed E-state index contributed by atoms with van der Waals surface area (Å²) < 4.78 is 33.1. The summed E-state index contributed by atoms with van der Waals surface area (Å²) in [6, 6.07) is 18.3. The molecular weight excluding hydrogens is 636 g/mol. The zero-order valence-corrected chi connectivity index (χ0v) is 26.2. The third-order valence-corrected chi connectivity index (χ3v) is 6.67. The van der Waals surface area contributed by atoms with Gasteiger partial charge in [-0.2, -0.15) is 20.4 Å². The highest BCUT2D eigenvalue weighted by atomic mass is 19.1. The topological polar surface area (TPSA) is 219 Å². The number of carbonyl (C=O) groups excluding carboxylic acids is 1. The highest BCUT2D eigenvalue weighted by Crippen LogP contribution is 2.25. The molecule has 5 aromatic heterocycles. The first-order chi connectivity index (χ1) is 23.7. The lowest BCUT2D eigenvalue weighted by Gasteiger charge is -2.06. The Morgan fingerprint density at radius 1 is 0.837 bits per heavy atom. The van der Waals surface area contributed by atoms with Crippen molar-refractivity contribution in [3.05, 3.63) is 114 Å². The largest absolute Gasteiger partial charge is 0.382 e. The molecule has 0 unspecified atom stereocenters. The number of hydrogen-bond acceptors (Lipinski definition) is 13. The van der Waals surface area contributed by atoms with Gasteiger partial charge in [0, 0.05) is 18.6 Å². The Kier molecular flexibility index (Phi) is 10.7. The van der Waals surface area contributed by atoms with Crippen molar-refractivity contribution in [2.24, 2.45) is 0 Å². The smallest absolute Gasteiger partial charge is 0.204 e. The van der Waals surface area contributed by atoms with Crippen LogP contribution in [0.5, 0.6) is 0 Å². The van der Waals surface area contributed by atoms with Gasteiger partial charge in [0.1, 0.15) is 52.3 Å². The fourth-order valence-electron chi connectivity index (χ4n) is 4.24. The summed E-state index contributed by atoms with van der Waals surface area (Å²) in [6.45, 7) is 3.60. The number of nitrogens with zero attached hydrogens (tertiary/aromatic N) is 10. The molecular formula is C32H29F2N13O2. The zero-order chi connectivity index (χ0) is 34.8. The molecule has 15 nitrogen and oxygen atoms in total. The minimum atomic E-state index is -0.312. The number of nitrogens with one attached hydrogen (secondary N) is 1. The van der Waals surface area contributed by atoms with E-state index < -0.39 is 0 Å². The number of benzene rings is 2. The van der Waals surface area contributed by atoms with Crippen LogP contribution in [0.3, 0.4) is 0 Å². The Bertz CT molecular complexity index is 2150. The lowest BCUT2D eigenvalue weighted by Crippen LogP contribution is -2.06. The van der Waals surface area contributed by atoms with Crippen LogP contribution in [-0.4, -0.2) is 61.3 Å². The van der Waals surface area contributed by atoms with Crippen molar-refractivity contribution in [3.8, 4) is 34.4 Å². The Morgan fingerprint density at radius 3 is 1.96 bits per heavy atom. The van der Waals surface area contributed by atoms with Crippen molar-refractivity contribution < 1.29 is 18.1 Å². The first-order valence-electron chi connectivity index (χ1n) is 14.6. The van der Waals surface area contributed by atoms with Crippen molar-refractivity contribution in [2.45, 2.75) is 26.8 Å². The highest BCUT2D eigenvalue weighted by molar-refractivity contribution is 5.92.